The van der Waals surface area contributed by atoms with Crippen LogP contribution in [-0.4, -0.2) is 20.9 Å². The van der Waals surface area contributed by atoms with Gasteiger partial charge < -0.3 is 4.74 Å². The minimum atomic E-state index is -0.716. The van der Waals surface area contributed by atoms with Gasteiger partial charge in [-0.25, -0.2) is 9.18 Å². The van der Waals surface area contributed by atoms with Gasteiger partial charge in [-0.05, 0) is 26.8 Å². The monoisotopic (exact) mass is 276 g/mol. The van der Waals surface area contributed by atoms with E-state index in [1.165, 1.54) is 6.07 Å². The number of H-pyrrole nitrogens is 1. The fourth-order valence-corrected chi connectivity index (χ4v) is 1.74. The topological polar surface area (TPSA) is 83.7 Å². The summed E-state index contributed by atoms with van der Waals surface area (Å²) in [6.07, 6.45) is -0.182. The molecule has 0 bridgehead atoms. The summed E-state index contributed by atoms with van der Waals surface area (Å²) in [6, 6.07) is 4.19. The van der Waals surface area contributed by atoms with E-state index < -0.39 is 11.5 Å². The summed E-state index contributed by atoms with van der Waals surface area (Å²) in [4.78, 5) is 14.1. The van der Waals surface area contributed by atoms with Crippen molar-refractivity contribution < 1.29 is 9.13 Å². The number of aromatic amines is 1. The second-order valence-corrected chi connectivity index (χ2v) is 4.51. The van der Waals surface area contributed by atoms with E-state index in [1.807, 2.05) is 6.07 Å². The Labute approximate surface area is 114 Å². The van der Waals surface area contributed by atoms with E-state index >= 15 is 0 Å². The molecule has 2 aromatic rings. The zero-order chi connectivity index (χ0) is 14.9. The van der Waals surface area contributed by atoms with Gasteiger partial charge in [-0.1, -0.05) is 0 Å². The molecule has 0 saturated carbocycles. The maximum absolute atomic E-state index is 14.0. The lowest BCUT2D eigenvalue weighted by Gasteiger charge is -2.13. The molecule has 1 aromatic heterocycles. The van der Waals surface area contributed by atoms with Crippen molar-refractivity contribution in [3.8, 4) is 17.5 Å². The van der Waals surface area contributed by atoms with Crippen molar-refractivity contribution in [1.29, 1.82) is 5.26 Å². The molecule has 0 atom stereocenters. The molecule has 0 amide bonds. The molecule has 104 valence electrons. The summed E-state index contributed by atoms with van der Waals surface area (Å²) >= 11 is 0. The Morgan fingerprint density at radius 1 is 1.50 bits per heavy atom. The lowest BCUT2D eigenvalue weighted by molar-refractivity contribution is 0.241. The molecule has 0 radical (unpaired) electrons. The van der Waals surface area contributed by atoms with Gasteiger partial charge in [-0.15, -0.1) is 0 Å². The van der Waals surface area contributed by atoms with Gasteiger partial charge in [0.1, 0.15) is 23.3 Å². The third-order valence-corrected chi connectivity index (χ3v) is 2.49. The molecule has 0 saturated heterocycles. The van der Waals surface area contributed by atoms with Crippen LogP contribution in [0.25, 0.3) is 5.69 Å². The maximum atomic E-state index is 14.0. The van der Waals surface area contributed by atoms with Gasteiger partial charge >= 0.3 is 5.69 Å². The van der Waals surface area contributed by atoms with Gasteiger partial charge in [0.2, 0.25) is 0 Å². The number of benzene rings is 1. The summed E-state index contributed by atoms with van der Waals surface area (Å²) in [7, 11) is 0. The first-order chi connectivity index (χ1) is 9.42. The smallest absolute Gasteiger partial charge is 0.348 e. The lowest BCUT2D eigenvalue weighted by atomic mass is 10.2. The van der Waals surface area contributed by atoms with Crippen LogP contribution in [0.3, 0.4) is 0 Å². The summed E-state index contributed by atoms with van der Waals surface area (Å²) < 4.78 is 20.4. The van der Waals surface area contributed by atoms with Gasteiger partial charge in [0.05, 0.1) is 11.7 Å². The average Bonchev–Trinajstić information content (AvgIpc) is 2.69. The molecule has 1 aromatic carbocycles. The zero-order valence-corrected chi connectivity index (χ0v) is 11.3. The van der Waals surface area contributed by atoms with Crippen LogP contribution >= 0.6 is 0 Å². The Morgan fingerprint density at radius 3 is 2.70 bits per heavy atom. The Hall–Kier alpha value is -2.62. The normalized spacial score (nSPS) is 10.6. The van der Waals surface area contributed by atoms with Gasteiger partial charge in [0.25, 0.3) is 0 Å². The third-order valence-electron chi connectivity index (χ3n) is 2.49. The van der Waals surface area contributed by atoms with Crippen LogP contribution in [0, 0.1) is 24.1 Å². The second kappa shape index (κ2) is 5.17. The summed E-state index contributed by atoms with van der Waals surface area (Å²) in [5.41, 5.74) is -0.545. The summed E-state index contributed by atoms with van der Waals surface area (Å²) in [5.74, 6) is -0.136. The van der Waals surface area contributed by atoms with Crippen LogP contribution in [0.1, 0.15) is 25.2 Å². The van der Waals surface area contributed by atoms with Crippen molar-refractivity contribution in [3.05, 3.63) is 39.8 Å². The molecule has 0 aliphatic carbocycles. The van der Waals surface area contributed by atoms with Gasteiger partial charge in [0.15, 0.2) is 5.82 Å². The number of nitrogens with one attached hydrogen (secondary N) is 1. The van der Waals surface area contributed by atoms with Crippen molar-refractivity contribution in [3.63, 3.8) is 0 Å². The molecule has 6 nitrogen and oxygen atoms in total. The largest absolute Gasteiger partial charge is 0.490 e. The molecule has 0 aliphatic rings. The van der Waals surface area contributed by atoms with E-state index in [0.29, 0.717) is 5.82 Å². The highest BCUT2D eigenvalue weighted by Crippen LogP contribution is 2.25. The number of aromatic nitrogens is 3. The first-order valence-electron chi connectivity index (χ1n) is 5.99. The maximum Gasteiger partial charge on any atom is 0.348 e. The van der Waals surface area contributed by atoms with Crippen LogP contribution in [0.2, 0.25) is 0 Å². The Kier molecular flexibility index (Phi) is 3.57. The predicted octanol–water partition coefficient (Wildman–Crippen LogP) is 1.67. The Bertz CT molecular complexity index is 740. The summed E-state index contributed by atoms with van der Waals surface area (Å²) in [5, 5.41) is 12.9. The van der Waals surface area contributed by atoms with Crippen LogP contribution in [-0.2, 0) is 0 Å². The third kappa shape index (κ3) is 2.54. The van der Waals surface area contributed by atoms with E-state index in [2.05, 4.69) is 10.1 Å². The standard InChI is InChI=1S/C13H13FN4O2/c1-7(2)20-12-5-11(10(14)4-9(12)6-15)18-13(19)16-8(3)17-18/h4-5,7H,1-3H3,(H,16,17,19). The predicted molar refractivity (Wildman–Crippen MR) is 69.4 cm³/mol. The number of halogens is 1. The van der Waals surface area contributed by atoms with Crippen molar-refractivity contribution in [2.45, 2.75) is 26.9 Å². The molecule has 1 heterocycles. The van der Waals surface area contributed by atoms with Crippen molar-refractivity contribution in [2.24, 2.45) is 0 Å². The molecule has 20 heavy (non-hydrogen) atoms. The number of ether oxygens (including phenoxy) is 1. The number of nitrogens with zero attached hydrogens (tertiary/aromatic N) is 3. The SMILES string of the molecule is Cc1nn(-c2cc(OC(C)C)c(C#N)cc2F)c(=O)[nH]1. The molecular formula is C13H13FN4O2. The molecule has 0 aliphatic heterocycles. The summed E-state index contributed by atoms with van der Waals surface area (Å²) in [6.45, 7) is 5.16. The molecule has 0 unspecified atom stereocenters. The van der Waals surface area contributed by atoms with Gasteiger partial charge in [0, 0.05) is 6.07 Å². The molecule has 7 heteroatoms. The average molecular weight is 276 g/mol. The quantitative estimate of drug-likeness (QED) is 0.924. The van der Waals surface area contributed by atoms with E-state index in [4.69, 9.17) is 10.00 Å². The van der Waals surface area contributed by atoms with Crippen LogP contribution < -0.4 is 10.4 Å². The first kappa shape index (κ1) is 13.8. The highest BCUT2D eigenvalue weighted by atomic mass is 19.1. The van der Waals surface area contributed by atoms with Crippen LogP contribution in [0.15, 0.2) is 16.9 Å². The van der Waals surface area contributed by atoms with E-state index in [1.54, 1.807) is 20.8 Å². The van der Waals surface area contributed by atoms with Gasteiger partial charge in [-0.3, -0.25) is 4.98 Å². The highest BCUT2D eigenvalue weighted by molar-refractivity contribution is 5.51. The second-order valence-electron chi connectivity index (χ2n) is 4.51. The number of hydrogen-bond acceptors (Lipinski definition) is 4. The fraction of sp³-hybridized carbons (Fsp3) is 0.308. The van der Waals surface area contributed by atoms with Crippen molar-refractivity contribution >= 4 is 0 Å². The minimum Gasteiger partial charge on any atom is -0.490 e. The Balaban J connectivity index is 2.63. The zero-order valence-electron chi connectivity index (χ0n) is 11.3. The first-order valence-corrected chi connectivity index (χ1v) is 5.99. The highest BCUT2D eigenvalue weighted by Gasteiger charge is 2.16. The molecule has 1 N–H and O–H groups in total. The molecular weight excluding hydrogens is 263 g/mol. The van der Waals surface area contributed by atoms with Crippen LogP contribution in [0.4, 0.5) is 4.39 Å². The van der Waals surface area contributed by atoms with Crippen LogP contribution in [0.5, 0.6) is 5.75 Å². The number of nitriles is 1. The molecule has 0 fully saturated rings. The fourth-order valence-electron chi connectivity index (χ4n) is 1.74. The van der Waals surface area contributed by atoms with Crippen molar-refractivity contribution in [2.75, 3.05) is 0 Å². The molecule has 0 spiro atoms. The lowest BCUT2D eigenvalue weighted by Crippen LogP contribution is -2.18. The molecule has 2 rings (SSSR count). The van der Waals surface area contributed by atoms with E-state index in [0.717, 1.165) is 10.7 Å². The Morgan fingerprint density at radius 2 is 2.20 bits per heavy atom. The van der Waals surface area contributed by atoms with Crippen molar-refractivity contribution in [1.82, 2.24) is 14.8 Å². The minimum absolute atomic E-state index is 0.0611. The number of aryl methyl sites for hydroxylation is 1. The van der Waals surface area contributed by atoms with E-state index in [-0.39, 0.29) is 23.1 Å². The van der Waals surface area contributed by atoms with Gasteiger partial charge in [-0.2, -0.15) is 15.0 Å². The number of rotatable bonds is 3. The number of hydrogen-bond donors (Lipinski definition) is 1. The van der Waals surface area contributed by atoms with E-state index in [9.17, 15) is 9.18 Å².